The van der Waals surface area contributed by atoms with Gasteiger partial charge >= 0.3 is 5.76 Å². The predicted octanol–water partition coefficient (Wildman–Crippen LogP) is 1.75. The van der Waals surface area contributed by atoms with Crippen molar-refractivity contribution in [1.82, 2.24) is 15.4 Å². The Morgan fingerprint density at radius 3 is 2.60 bits per heavy atom. The number of aromatic nitrogens is 1. The molecular formula is C16H13FN4O3S. The molecule has 0 aliphatic rings. The van der Waals surface area contributed by atoms with Crippen LogP contribution in [0.25, 0.3) is 11.1 Å². The SMILES string of the molecule is O=C(Cn1c(=O)oc2ccccc21)NNC(=S)Nc1ccc(F)cc1. The van der Waals surface area contributed by atoms with E-state index in [2.05, 4.69) is 16.2 Å². The average Bonchev–Trinajstić information content (AvgIpc) is 2.91. The zero-order valence-electron chi connectivity index (χ0n) is 12.8. The van der Waals surface area contributed by atoms with Crippen molar-refractivity contribution in [1.29, 1.82) is 0 Å². The number of hydrogen-bond donors (Lipinski definition) is 3. The third-order valence-electron chi connectivity index (χ3n) is 3.29. The van der Waals surface area contributed by atoms with Crippen LogP contribution in [-0.4, -0.2) is 15.6 Å². The highest BCUT2D eigenvalue weighted by atomic mass is 32.1. The van der Waals surface area contributed by atoms with E-state index in [0.717, 1.165) is 0 Å². The lowest BCUT2D eigenvalue weighted by molar-refractivity contribution is -0.122. The Balaban J connectivity index is 1.57. The minimum Gasteiger partial charge on any atom is -0.408 e. The molecule has 0 aliphatic carbocycles. The topological polar surface area (TPSA) is 88.3 Å². The molecular weight excluding hydrogens is 347 g/mol. The molecule has 3 N–H and O–H groups in total. The molecule has 1 amide bonds. The Kier molecular flexibility index (Phi) is 4.75. The van der Waals surface area contributed by atoms with E-state index in [1.54, 1.807) is 24.3 Å². The summed E-state index contributed by atoms with van der Waals surface area (Å²) in [6, 6.07) is 12.4. The number of amides is 1. The number of hydrogen-bond acceptors (Lipinski definition) is 4. The van der Waals surface area contributed by atoms with E-state index in [4.69, 9.17) is 16.6 Å². The van der Waals surface area contributed by atoms with Gasteiger partial charge in [-0.05, 0) is 48.6 Å². The second kappa shape index (κ2) is 7.14. The maximum absolute atomic E-state index is 12.8. The second-order valence-corrected chi connectivity index (χ2v) is 5.46. The van der Waals surface area contributed by atoms with Gasteiger partial charge in [-0.2, -0.15) is 0 Å². The molecule has 0 saturated heterocycles. The molecule has 0 radical (unpaired) electrons. The normalized spacial score (nSPS) is 10.4. The number of nitrogens with one attached hydrogen (secondary N) is 3. The lowest BCUT2D eigenvalue weighted by atomic mass is 10.3. The highest BCUT2D eigenvalue weighted by molar-refractivity contribution is 7.80. The van der Waals surface area contributed by atoms with Crippen LogP contribution in [0.3, 0.4) is 0 Å². The lowest BCUT2D eigenvalue weighted by Crippen LogP contribution is -2.45. The number of carbonyl (C=O) groups is 1. The Morgan fingerprint density at radius 2 is 1.84 bits per heavy atom. The maximum Gasteiger partial charge on any atom is 0.420 e. The molecule has 0 fully saturated rings. The number of fused-ring (bicyclic) bond motifs is 1. The fraction of sp³-hybridized carbons (Fsp3) is 0.0625. The van der Waals surface area contributed by atoms with E-state index in [1.807, 2.05) is 0 Å². The van der Waals surface area contributed by atoms with E-state index < -0.39 is 11.7 Å². The summed E-state index contributed by atoms with van der Waals surface area (Å²) in [4.78, 5) is 23.8. The lowest BCUT2D eigenvalue weighted by Gasteiger charge is -2.11. The molecule has 128 valence electrons. The van der Waals surface area contributed by atoms with Crippen molar-refractivity contribution in [2.24, 2.45) is 0 Å². The summed E-state index contributed by atoms with van der Waals surface area (Å²) in [5, 5.41) is 2.89. The van der Waals surface area contributed by atoms with Gasteiger partial charge in [0.2, 0.25) is 0 Å². The van der Waals surface area contributed by atoms with Crippen LogP contribution in [0.15, 0.2) is 57.7 Å². The van der Waals surface area contributed by atoms with E-state index in [0.29, 0.717) is 16.8 Å². The number of halogens is 1. The first-order chi connectivity index (χ1) is 12.0. The Bertz CT molecular complexity index is 981. The summed E-state index contributed by atoms with van der Waals surface area (Å²) in [5.74, 6) is -1.48. The first kappa shape index (κ1) is 16.7. The molecule has 0 saturated carbocycles. The van der Waals surface area contributed by atoms with Gasteiger partial charge in [0.1, 0.15) is 12.4 Å². The number of hydrazine groups is 1. The molecule has 3 rings (SSSR count). The van der Waals surface area contributed by atoms with Gasteiger partial charge in [0.25, 0.3) is 5.91 Å². The zero-order valence-corrected chi connectivity index (χ0v) is 13.6. The van der Waals surface area contributed by atoms with Gasteiger partial charge in [-0.15, -0.1) is 0 Å². The van der Waals surface area contributed by atoms with E-state index >= 15 is 0 Å². The monoisotopic (exact) mass is 360 g/mol. The Labute approximate surface area is 146 Å². The number of oxazole rings is 1. The standard InChI is InChI=1S/C16H13FN4O3S/c17-10-5-7-11(8-6-10)18-15(25)20-19-14(22)9-21-12-3-1-2-4-13(12)24-16(21)23/h1-8H,9H2,(H,19,22)(H2,18,20,25). The van der Waals surface area contributed by atoms with E-state index in [1.165, 1.54) is 28.8 Å². The molecule has 0 spiro atoms. The maximum atomic E-state index is 12.8. The minimum absolute atomic E-state index is 0.115. The predicted molar refractivity (Wildman–Crippen MR) is 94.4 cm³/mol. The summed E-state index contributed by atoms with van der Waals surface area (Å²) in [5.41, 5.74) is 6.37. The van der Waals surface area contributed by atoms with Gasteiger partial charge in [-0.25, -0.2) is 9.18 Å². The highest BCUT2D eigenvalue weighted by Gasteiger charge is 2.12. The fourth-order valence-corrected chi connectivity index (χ4v) is 2.34. The molecule has 25 heavy (non-hydrogen) atoms. The highest BCUT2D eigenvalue weighted by Crippen LogP contribution is 2.11. The molecule has 7 nitrogen and oxygen atoms in total. The second-order valence-electron chi connectivity index (χ2n) is 5.06. The summed E-state index contributed by atoms with van der Waals surface area (Å²) >= 11 is 5.02. The molecule has 3 aromatic rings. The van der Waals surface area contributed by atoms with Crippen molar-refractivity contribution in [3.05, 3.63) is 64.9 Å². The number of thiocarbonyl (C=S) groups is 1. The van der Waals surface area contributed by atoms with Gasteiger partial charge in [0.15, 0.2) is 10.7 Å². The van der Waals surface area contributed by atoms with Crippen LogP contribution in [0, 0.1) is 5.82 Å². The third kappa shape index (κ3) is 4.01. The molecule has 0 bridgehead atoms. The molecule has 0 unspecified atom stereocenters. The van der Waals surface area contributed by atoms with Crippen LogP contribution in [0.5, 0.6) is 0 Å². The summed E-state index contributed by atoms with van der Waals surface area (Å²) < 4.78 is 19.1. The largest absolute Gasteiger partial charge is 0.420 e. The van der Waals surface area contributed by atoms with Gasteiger partial charge in [0, 0.05) is 5.69 Å². The van der Waals surface area contributed by atoms with Gasteiger partial charge < -0.3 is 9.73 Å². The van der Waals surface area contributed by atoms with Crippen LogP contribution >= 0.6 is 12.2 Å². The Hall–Kier alpha value is -3.20. The van der Waals surface area contributed by atoms with Crippen LogP contribution in [0.1, 0.15) is 0 Å². The summed E-state index contributed by atoms with van der Waals surface area (Å²) in [6.45, 7) is -0.234. The Morgan fingerprint density at radius 1 is 1.12 bits per heavy atom. The zero-order chi connectivity index (χ0) is 17.8. The third-order valence-corrected chi connectivity index (χ3v) is 3.50. The van der Waals surface area contributed by atoms with Crippen molar-refractivity contribution in [3.8, 4) is 0 Å². The van der Waals surface area contributed by atoms with Crippen molar-refractivity contribution >= 4 is 40.0 Å². The minimum atomic E-state index is -0.622. The van der Waals surface area contributed by atoms with Gasteiger partial charge in [-0.1, -0.05) is 12.1 Å². The van der Waals surface area contributed by atoms with E-state index in [-0.39, 0.29) is 17.5 Å². The molecule has 1 aromatic heterocycles. The van der Waals surface area contributed by atoms with Crippen LogP contribution in [0.2, 0.25) is 0 Å². The number of rotatable bonds is 3. The van der Waals surface area contributed by atoms with Crippen LogP contribution in [0.4, 0.5) is 10.1 Å². The van der Waals surface area contributed by atoms with Crippen molar-refractivity contribution in [3.63, 3.8) is 0 Å². The number of nitrogens with zero attached hydrogens (tertiary/aromatic N) is 1. The van der Waals surface area contributed by atoms with Crippen LogP contribution < -0.4 is 21.9 Å². The van der Waals surface area contributed by atoms with Crippen LogP contribution in [-0.2, 0) is 11.3 Å². The number of carbonyl (C=O) groups excluding carboxylic acids is 1. The summed E-state index contributed by atoms with van der Waals surface area (Å²) in [6.07, 6.45) is 0. The number of benzene rings is 2. The number of anilines is 1. The van der Waals surface area contributed by atoms with E-state index in [9.17, 15) is 14.0 Å². The first-order valence-corrected chi connectivity index (χ1v) is 7.63. The van der Waals surface area contributed by atoms with Crippen molar-refractivity contribution in [2.75, 3.05) is 5.32 Å². The first-order valence-electron chi connectivity index (χ1n) is 7.23. The quantitative estimate of drug-likeness (QED) is 0.487. The molecule has 2 aromatic carbocycles. The molecule has 0 atom stereocenters. The molecule has 0 aliphatic heterocycles. The fourth-order valence-electron chi connectivity index (χ4n) is 2.17. The van der Waals surface area contributed by atoms with Gasteiger partial charge in [0.05, 0.1) is 5.52 Å². The van der Waals surface area contributed by atoms with Crippen molar-refractivity contribution < 1.29 is 13.6 Å². The number of para-hydroxylation sites is 2. The summed E-state index contributed by atoms with van der Waals surface area (Å²) in [7, 11) is 0. The molecule has 1 heterocycles. The smallest absolute Gasteiger partial charge is 0.408 e. The average molecular weight is 360 g/mol. The molecule has 9 heteroatoms. The van der Waals surface area contributed by atoms with Crippen molar-refractivity contribution in [2.45, 2.75) is 6.54 Å². The van der Waals surface area contributed by atoms with Gasteiger partial charge in [-0.3, -0.25) is 20.2 Å².